The molecule has 2 rings (SSSR count). The van der Waals surface area contributed by atoms with Crippen LogP contribution in [-0.4, -0.2) is 15.0 Å². The second-order valence-corrected chi connectivity index (χ2v) is 4.02. The van der Waals surface area contributed by atoms with Crippen LogP contribution < -0.4 is 17.2 Å². The van der Waals surface area contributed by atoms with Crippen molar-refractivity contribution in [2.75, 3.05) is 17.2 Å². The smallest absolute Gasteiger partial charge is 0.197 e. The fourth-order valence-corrected chi connectivity index (χ4v) is 1.88. The van der Waals surface area contributed by atoms with Gasteiger partial charge in [-0.05, 0) is 23.9 Å². The van der Waals surface area contributed by atoms with Gasteiger partial charge in [0.15, 0.2) is 5.16 Å². The van der Waals surface area contributed by atoms with Gasteiger partial charge in [0.05, 0.1) is 0 Å². The minimum atomic E-state index is 0.332. The van der Waals surface area contributed by atoms with Crippen molar-refractivity contribution < 1.29 is 0 Å². The number of aromatic nitrogens is 3. The van der Waals surface area contributed by atoms with Gasteiger partial charge in [-0.1, -0.05) is 0 Å². The molecule has 0 aliphatic heterocycles. The SMILES string of the molecule is Nc1ccnc(Sc2nc(N)cc(N)n2)c1. The molecule has 0 saturated carbocycles. The van der Waals surface area contributed by atoms with Gasteiger partial charge in [0, 0.05) is 18.0 Å². The molecular weight excluding hydrogens is 224 g/mol. The van der Waals surface area contributed by atoms with Crippen molar-refractivity contribution in [1.82, 2.24) is 15.0 Å². The normalized spacial score (nSPS) is 10.2. The van der Waals surface area contributed by atoms with Crippen LogP contribution in [0.3, 0.4) is 0 Å². The minimum Gasteiger partial charge on any atom is -0.399 e. The van der Waals surface area contributed by atoms with Gasteiger partial charge in [-0.25, -0.2) is 15.0 Å². The molecule has 0 saturated heterocycles. The third-order valence-electron chi connectivity index (χ3n) is 1.70. The predicted molar refractivity (Wildman–Crippen MR) is 63.6 cm³/mol. The Balaban J connectivity index is 2.27. The fourth-order valence-electron chi connectivity index (χ4n) is 1.08. The van der Waals surface area contributed by atoms with Crippen LogP contribution in [0.25, 0.3) is 0 Å². The van der Waals surface area contributed by atoms with Crippen molar-refractivity contribution in [3.8, 4) is 0 Å². The molecule has 0 aliphatic carbocycles. The standard InChI is InChI=1S/C9H10N6S/c10-5-1-2-13-8(3-5)16-9-14-6(11)4-7(12)15-9/h1-4H,(H2,10,13)(H4,11,12,14,15). The van der Waals surface area contributed by atoms with E-state index in [1.807, 2.05) is 0 Å². The van der Waals surface area contributed by atoms with Crippen molar-refractivity contribution in [3.63, 3.8) is 0 Å². The quantitative estimate of drug-likeness (QED) is 0.657. The summed E-state index contributed by atoms with van der Waals surface area (Å²) in [7, 11) is 0. The van der Waals surface area contributed by atoms with Gasteiger partial charge in [0.1, 0.15) is 16.7 Å². The number of anilines is 3. The number of nitrogens with zero attached hydrogens (tertiary/aromatic N) is 3. The number of hydrogen-bond donors (Lipinski definition) is 3. The third-order valence-corrected chi connectivity index (χ3v) is 2.50. The molecule has 0 spiro atoms. The van der Waals surface area contributed by atoms with Crippen LogP contribution >= 0.6 is 11.8 Å². The van der Waals surface area contributed by atoms with Crippen molar-refractivity contribution in [2.45, 2.75) is 10.2 Å². The summed E-state index contributed by atoms with van der Waals surface area (Å²) in [4.78, 5) is 12.2. The first kappa shape index (κ1) is 10.5. The van der Waals surface area contributed by atoms with E-state index in [0.717, 1.165) is 0 Å². The topological polar surface area (TPSA) is 117 Å². The van der Waals surface area contributed by atoms with E-state index in [0.29, 0.717) is 27.5 Å². The molecule has 0 amide bonds. The molecular formula is C9H10N6S. The number of pyridine rings is 1. The number of nitrogen functional groups attached to an aromatic ring is 3. The molecule has 6 nitrogen and oxygen atoms in total. The monoisotopic (exact) mass is 234 g/mol. The van der Waals surface area contributed by atoms with E-state index >= 15 is 0 Å². The van der Waals surface area contributed by atoms with Gasteiger partial charge < -0.3 is 17.2 Å². The maximum Gasteiger partial charge on any atom is 0.197 e. The molecule has 2 aromatic heterocycles. The predicted octanol–water partition coefficient (Wildman–Crippen LogP) is 0.769. The first-order valence-corrected chi connectivity index (χ1v) is 5.24. The first-order chi connectivity index (χ1) is 7.63. The summed E-state index contributed by atoms with van der Waals surface area (Å²) < 4.78 is 0. The number of nitrogens with two attached hydrogens (primary N) is 3. The highest BCUT2D eigenvalue weighted by molar-refractivity contribution is 7.99. The second-order valence-electron chi connectivity index (χ2n) is 3.03. The molecule has 2 heterocycles. The summed E-state index contributed by atoms with van der Waals surface area (Å²) in [5, 5.41) is 1.15. The molecule has 7 heteroatoms. The Hall–Kier alpha value is -2.02. The second kappa shape index (κ2) is 4.23. The summed E-state index contributed by atoms with van der Waals surface area (Å²) in [5.41, 5.74) is 17.4. The number of rotatable bonds is 2. The van der Waals surface area contributed by atoms with Crippen molar-refractivity contribution in [3.05, 3.63) is 24.4 Å². The van der Waals surface area contributed by atoms with E-state index < -0.39 is 0 Å². The molecule has 2 aromatic rings. The van der Waals surface area contributed by atoms with Crippen LogP contribution in [0.2, 0.25) is 0 Å². The van der Waals surface area contributed by atoms with Crippen LogP contribution in [0.15, 0.2) is 34.6 Å². The molecule has 0 unspecified atom stereocenters. The van der Waals surface area contributed by atoms with Crippen LogP contribution in [0.5, 0.6) is 0 Å². The third kappa shape index (κ3) is 2.51. The van der Waals surface area contributed by atoms with Gasteiger partial charge in [0.25, 0.3) is 0 Å². The van der Waals surface area contributed by atoms with Gasteiger partial charge in [0.2, 0.25) is 0 Å². The van der Waals surface area contributed by atoms with Crippen molar-refractivity contribution in [2.24, 2.45) is 0 Å². The van der Waals surface area contributed by atoms with E-state index in [1.165, 1.54) is 17.8 Å². The van der Waals surface area contributed by atoms with Gasteiger partial charge in [-0.2, -0.15) is 0 Å². The van der Waals surface area contributed by atoms with E-state index in [4.69, 9.17) is 17.2 Å². The van der Waals surface area contributed by atoms with E-state index in [2.05, 4.69) is 15.0 Å². The zero-order valence-corrected chi connectivity index (χ0v) is 9.11. The molecule has 6 N–H and O–H groups in total. The lowest BCUT2D eigenvalue weighted by Gasteiger charge is -2.02. The zero-order valence-electron chi connectivity index (χ0n) is 8.29. The Morgan fingerprint density at radius 2 is 1.69 bits per heavy atom. The molecule has 0 bridgehead atoms. The maximum atomic E-state index is 5.63. The summed E-state index contributed by atoms with van der Waals surface area (Å²) in [6.07, 6.45) is 1.62. The molecule has 16 heavy (non-hydrogen) atoms. The maximum absolute atomic E-state index is 5.63. The fraction of sp³-hybridized carbons (Fsp3) is 0. The molecule has 0 aliphatic rings. The van der Waals surface area contributed by atoms with Crippen molar-refractivity contribution in [1.29, 1.82) is 0 Å². The average Bonchev–Trinajstić information content (AvgIpc) is 2.15. The van der Waals surface area contributed by atoms with Gasteiger partial charge in [-0.3, -0.25) is 0 Å². The van der Waals surface area contributed by atoms with Crippen LogP contribution in [-0.2, 0) is 0 Å². The summed E-state index contributed by atoms with van der Waals surface area (Å²) >= 11 is 1.26. The first-order valence-electron chi connectivity index (χ1n) is 4.43. The van der Waals surface area contributed by atoms with Crippen LogP contribution in [0.1, 0.15) is 0 Å². The highest BCUT2D eigenvalue weighted by Gasteiger charge is 2.04. The largest absolute Gasteiger partial charge is 0.399 e. The summed E-state index contributed by atoms with van der Waals surface area (Å²) in [6, 6.07) is 4.93. The Bertz CT molecular complexity index is 495. The lowest BCUT2D eigenvalue weighted by Crippen LogP contribution is -1.99. The van der Waals surface area contributed by atoms with Crippen LogP contribution in [0.4, 0.5) is 17.3 Å². The Morgan fingerprint density at radius 3 is 2.31 bits per heavy atom. The summed E-state index contributed by atoms with van der Waals surface area (Å²) in [6.45, 7) is 0. The molecule has 0 atom stereocenters. The Labute approximate surface area is 96.3 Å². The lowest BCUT2D eigenvalue weighted by atomic mass is 10.4. The highest BCUT2D eigenvalue weighted by atomic mass is 32.2. The summed E-state index contributed by atoms with van der Waals surface area (Å²) in [5.74, 6) is 0.665. The van der Waals surface area contributed by atoms with Gasteiger partial charge in [-0.15, -0.1) is 0 Å². The molecule has 0 radical (unpaired) electrons. The van der Waals surface area contributed by atoms with E-state index in [1.54, 1.807) is 18.3 Å². The van der Waals surface area contributed by atoms with Crippen LogP contribution in [0, 0.1) is 0 Å². The van der Waals surface area contributed by atoms with E-state index in [-0.39, 0.29) is 0 Å². The Kier molecular flexibility index (Phi) is 2.78. The average molecular weight is 234 g/mol. The molecule has 82 valence electrons. The zero-order chi connectivity index (χ0) is 11.5. The molecule has 0 aromatic carbocycles. The highest BCUT2D eigenvalue weighted by Crippen LogP contribution is 2.24. The lowest BCUT2D eigenvalue weighted by molar-refractivity contribution is 0.977. The Morgan fingerprint density at radius 1 is 1.00 bits per heavy atom. The molecule has 0 fully saturated rings. The number of hydrogen-bond acceptors (Lipinski definition) is 7. The van der Waals surface area contributed by atoms with Crippen molar-refractivity contribution >= 4 is 29.1 Å². The minimum absolute atomic E-state index is 0.332. The van der Waals surface area contributed by atoms with E-state index in [9.17, 15) is 0 Å². The van der Waals surface area contributed by atoms with Gasteiger partial charge >= 0.3 is 0 Å².